The van der Waals surface area contributed by atoms with Gasteiger partial charge in [0.05, 0.1) is 6.54 Å². The summed E-state index contributed by atoms with van der Waals surface area (Å²) < 4.78 is 5.24. The number of hydrogen-bond donors (Lipinski definition) is 1. The van der Waals surface area contributed by atoms with Gasteiger partial charge in [-0.3, -0.25) is 0 Å². The number of nitrogens with two attached hydrogens (primary N) is 1. The smallest absolute Gasteiger partial charge is 0.117 e. The van der Waals surface area contributed by atoms with E-state index >= 15 is 0 Å². The minimum atomic E-state index is 0.495. The molecule has 0 radical (unpaired) electrons. The monoisotopic (exact) mass is 125 g/mol. The van der Waals surface area contributed by atoms with Gasteiger partial charge in [0.1, 0.15) is 11.5 Å². The first-order valence-electron chi connectivity index (χ1n) is 3.00. The summed E-state index contributed by atoms with van der Waals surface area (Å²) in [6.45, 7) is 4.45. The first-order valence-corrected chi connectivity index (χ1v) is 3.00. The van der Waals surface area contributed by atoms with Crippen molar-refractivity contribution >= 4 is 0 Å². The van der Waals surface area contributed by atoms with Crippen molar-refractivity contribution in [3.05, 3.63) is 23.2 Å². The van der Waals surface area contributed by atoms with E-state index in [-0.39, 0.29) is 0 Å². The second-order valence-electron chi connectivity index (χ2n) is 2.16. The molecule has 0 saturated heterocycles. The molecule has 0 aromatic carbocycles. The Bertz CT molecular complexity index is 183. The highest BCUT2D eigenvalue weighted by Gasteiger charge is 1.98. The van der Waals surface area contributed by atoms with E-state index in [0.29, 0.717) is 6.54 Å². The normalized spacial score (nSPS) is 10.1. The molecule has 1 heterocycles. The van der Waals surface area contributed by atoms with Crippen LogP contribution < -0.4 is 5.73 Å². The highest BCUT2D eigenvalue weighted by molar-refractivity contribution is 5.18. The van der Waals surface area contributed by atoms with Crippen molar-refractivity contribution in [3.8, 4) is 0 Å². The van der Waals surface area contributed by atoms with Crippen molar-refractivity contribution in [2.45, 2.75) is 20.4 Å². The van der Waals surface area contributed by atoms with Gasteiger partial charge in [0.25, 0.3) is 0 Å². The molecule has 2 nitrogen and oxygen atoms in total. The molecule has 0 unspecified atom stereocenters. The van der Waals surface area contributed by atoms with E-state index in [4.69, 9.17) is 10.2 Å². The Hall–Kier alpha value is -0.760. The Morgan fingerprint density at radius 3 is 2.44 bits per heavy atom. The molecular formula is C7H11NO. The van der Waals surface area contributed by atoms with Crippen molar-refractivity contribution in [1.29, 1.82) is 0 Å². The van der Waals surface area contributed by atoms with Crippen LogP contribution in [0, 0.1) is 13.8 Å². The van der Waals surface area contributed by atoms with E-state index < -0.39 is 0 Å². The van der Waals surface area contributed by atoms with Crippen LogP contribution in [0.15, 0.2) is 10.5 Å². The molecule has 0 fully saturated rings. The van der Waals surface area contributed by atoms with Crippen LogP contribution in [-0.2, 0) is 6.54 Å². The Morgan fingerprint density at radius 2 is 2.22 bits per heavy atom. The molecular weight excluding hydrogens is 114 g/mol. The molecule has 0 atom stereocenters. The SMILES string of the molecule is Cc1cc(CN)oc1C. The standard InChI is InChI=1S/C7H11NO/c1-5-3-7(4-8)9-6(5)2/h3H,4,8H2,1-2H3. The Morgan fingerprint density at radius 1 is 1.56 bits per heavy atom. The lowest BCUT2D eigenvalue weighted by molar-refractivity contribution is 0.484. The fourth-order valence-corrected chi connectivity index (χ4v) is 0.750. The van der Waals surface area contributed by atoms with Crippen LogP contribution in [0.4, 0.5) is 0 Å². The molecule has 1 rings (SSSR count). The minimum Gasteiger partial charge on any atom is -0.465 e. The quantitative estimate of drug-likeness (QED) is 0.615. The first-order chi connectivity index (χ1) is 4.24. The van der Waals surface area contributed by atoms with Gasteiger partial charge in [-0.2, -0.15) is 0 Å². The van der Waals surface area contributed by atoms with Crippen molar-refractivity contribution in [3.63, 3.8) is 0 Å². The van der Waals surface area contributed by atoms with Crippen LogP contribution in [0.25, 0.3) is 0 Å². The summed E-state index contributed by atoms with van der Waals surface area (Å²) in [6.07, 6.45) is 0. The molecule has 0 amide bonds. The van der Waals surface area contributed by atoms with Crippen LogP contribution in [-0.4, -0.2) is 0 Å². The van der Waals surface area contributed by atoms with Gasteiger partial charge in [-0.15, -0.1) is 0 Å². The molecule has 1 aromatic rings. The van der Waals surface area contributed by atoms with Gasteiger partial charge in [0.15, 0.2) is 0 Å². The molecule has 0 bridgehead atoms. The van der Waals surface area contributed by atoms with Gasteiger partial charge >= 0.3 is 0 Å². The molecule has 0 aliphatic rings. The summed E-state index contributed by atoms with van der Waals surface area (Å²) in [5.74, 6) is 1.83. The summed E-state index contributed by atoms with van der Waals surface area (Å²) in [5.41, 5.74) is 6.51. The highest BCUT2D eigenvalue weighted by atomic mass is 16.3. The Kier molecular flexibility index (Phi) is 1.58. The van der Waals surface area contributed by atoms with Gasteiger partial charge in [-0.25, -0.2) is 0 Å². The van der Waals surface area contributed by atoms with Crippen LogP contribution in [0.5, 0.6) is 0 Å². The number of rotatable bonds is 1. The Labute approximate surface area is 54.7 Å². The minimum absolute atomic E-state index is 0.495. The molecule has 2 heteroatoms. The molecule has 0 aliphatic heterocycles. The lowest BCUT2D eigenvalue weighted by Gasteiger charge is -1.84. The first kappa shape index (κ1) is 6.36. The molecule has 1 aromatic heterocycles. The molecule has 50 valence electrons. The zero-order valence-electron chi connectivity index (χ0n) is 5.77. The number of aryl methyl sites for hydroxylation is 2. The molecule has 9 heavy (non-hydrogen) atoms. The van der Waals surface area contributed by atoms with Crippen LogP contribution >= 0.6 is 0 Å². The van der Waals surface area contributed by atoms with E-state index in [1.807, 2.05) is 19.9 Å². The fourth-order valence-electron chi connectivity index (χ4n) is 0.750. The second-order valence-corrected chi connectivity index (χ2v) is 2.16. The molecule has 0 aliphatic carbocycles. The Balaban J connectivity index is 2.98. The third kappa shape index (κ3) is 1.13. The number of furan rings is 1. The van der Waals surface area contributed by atoms with E-state index in [1.54, 1.807) is 0 Å². The van der Waals surface area contributed by atoms with Gasteiger partial charge in [-0.05, 0) is 25.5 Å². The van der Waals surface area contributed by atoms with Gasteiger partial charge < -0.3 is 10.2 Å². The lowest BCUT2D eigenvalue weighted by Crippen LogP contribution is -1.92. The summed E-state index contributed by atoms with van der Waals surface area (Å²) in [7, 11) is 0. The van der Waals surface area contributed by atoms with Gasteiger partial charge in [0, 0.05) is 0 Å². The van der Waals surface area contributed by atoms with Gasteiger partial charge in [0.2, 0.25) is 0 Å². The number of hydrogen-bond acceptors (Lipinski definition) is 2. The average Bonchev–Trinajstić information content (AvgIpc) is 2.13. The van der Waals surface area contributed by atoms with Crippen LogP contribution in [0.3, 0.4) is 0 Å². The van der Waals surface area contributed by atoms with Crippen molar-refractivity contribution < 1.29 is 4.42 Å². The highest BCUT2D eigenvalue weighted by Crippen LogP contribution is 2.11. The fraction of sp³-hybridized carbons (Fsp3) is 0.429. The molecule has 0 spiro atoms. The van der Waals surface area contributed by atoms with E-state index in [9.17, 15) is 0 Å². The van der Waals surface area contributed by atoms with E-state index in [2.05, 4.69) is 0 Å². The lowest BCUT2D eigenvalue weighted by atomic mass is 10.3. The zero-order chi connectivity index (χ0) is 6.85. The van der Waals surface area contributed by atoms with Crippen LogP contribution in [0.2, 0.25) is 0 Å². The maximum Gasteiger partial charge on any atom is 0.117 e. The largest absolute Gasteiger partial charge is 0.465 e. The summed E-state index contributed by atoms with van der Waals surface area (Å²) in [5, 5.41) is 0. The maximum atomic E-state index is 5.34. The van der Waals surface area contributed by atoms with Crippen LogP contribution in [0.1, 0.15) is 17.1 Å². The molecule has 0 saturated carbocycles. The maximum absolute atomic E-state index is 5.34. The van der Waals surface area contributed by atoms with Crippen molar-refractivity contribution in [1.82, 2.24) is 0 Å². The van der Waals surface area contributed by atoms with Crippen molar-refractivity contribution in [2.24, 2.45) is 5.73 Å². The third-order valence-electron chi connectivity index (χ3n) is 1.42. The summed E-state index contributed by atoms with van der Waals surface area (Å²) >= 11 is 0. The topological polar surface area (TPSA) is 39.2 Å². The summed E-state index contributed by atoms with van der Waals surface area (Å²) in [6, 6.07) is 1.97. The third-order valence-corrected chi connectivity index (χ3v) is 1.42. The van der Waals surface area contributed by atoms with Gasteiger partial charge in [-0.1, -0.05) is 0 Å². The van der Waals surface area contributed by atoms with E-state index in [1.165, 1.54) is 5.56 Å². The predicted octanol–water partition coefficient (Wildman–Crippen LogP) is 1.36. The van der Waals surface area contributed by atoms with E-state index in [0.717, 1.165) is 11.5 Å². The predicted molar refractivity (Wildman–Crippen MR) is 36.1 cm³/mol. The second kappa shape index (κ2) is 2.23. The average molecular weight is 125 g/mol. The molecule has 2 N–H and O–H groups in total. The van der Waals surface area contributed by atoms with Crippen molar-refractivity contribution in [2.75, 3.05) is 0 Å². The zero-order valence-corrected chi connectivity index (χ0v) is 5.77. The summed E-state index contributed by atoms with van der Waals surface area (Å²) in [4.78, 5) is 0.